The lowest BCUT2D eigenvalue weighted by Gasteiger charge is -2.15. The first-order valence-electron chi connectivity index (χ1n) is 12.5. The Kier molecular flexibility index (Phi) is 7.85. The normalized spacial score (nSPS) is 11.8. The highest BCUT2D eigenvalue weighted by molar-refractivity contribution is 5.92. The lowest BCUT2D eigenvalue weighted by Crippen LogP contribution is -2.22. The summed E-state index contributed by atoms with van der Waals surface area (Å²) in [5.41, 5.74) is -1.53. The highest BCUT2D eigenvalue weighted by Gasteiger charge is 2.40. The van der Waals surface area contributed by atoms with Crippen molar-refractivity contribution in [2.24, 2.45) is 0 Å². The second-order valence-electron chi connectivity index (χ2n) is 9.12. The van der Waals surface area contributed by atoms with Gasteiger partial charge in [-0.05, 0) is 47.5 Å². The number of rotatable bonds is 7. The number of ether oxygens (including phenoxy) is 2. The molecule has 5 rings (SSSR count). The Morgan fingerprint density at radius 1 is 0.744 bits per heavy atom. The summed E-state index contributed by atoms with van der Waals surface area (Å²) in [5, 5.41) is 1.82. The lowest BCUT2D eigenvalue weighted by molar-refractivity contribution is -0.154. The molecular weight excluding hydrogens is 580 g/mol. The van der Waals surface area contributed by atoms with Crippen LogP contribution in [0.3, 0.4) is 0 Å². The maximum Gasteiger partial charge on any atom is 0.453 e. The van der Waals surface area contributed by atoms with Crippen LogP contribution in [0.15, 0.2) is 106 Å². The molecule has 220 valence electrons. The molecule has 1 amide bonds. The zero-order chi connectivity index (χ0) is 30.8. The fraction of sp³-hybridized carbons (Fsp3) is 0.0968. The number of fused-ring (bicyclic) bond motifs is 1. The molecule has 43 heavy (non-hydrogen) atoms. The summed E-state index contributed by atoms with van der Waals surface area (Å²) in [7, 11) is 0. The Hall–Kier alpha value is -5.26. The summed E-state index contributed by atoms with van der Waals surface area (Å²) in [6.07, 6.45) is -9.83. The second-order valence-corrected chi connectivity index (χ2v) is 9.12. The van der Waals surface area contributed by atoms with Gasteiger partial charge in [-0.2, -0.15) is 26.3 Å². The number of para-hydroxylation sites is 1. The van der Waals surface area contributed by atoms with Gasteiger partial charge in [0.2, 0.25) is 11.2 Å². The van der Waals surface area contributed by atoms with Crippen LogP contribution in [0.1, 0.15) is 11.3 Å². The molecule has 12 heteroatoms. The monoisotopic (exact) mass is 599 g/mol. The number of hydrogen-bond donors (Lipinski definition) is 1. The van der Waals surface area contributed by atoms with Crippen LogP contribution in [-0.2, 0) is 17.1 Å². The third-order valence-corrected chi connectivity index (χ3v) is 6.14. The molecule has 0 bridgehead atoms. The van der Waals surface area contributed by atoms with Crippen molar-refractivity contribution in [3.8, 4) is 28.4 Å². The Balaban J connectivity index is 1.37. The summed E-state index contributed by atoms with van der Waals surface area (Å²) >= 11 is 0. The predicted molar refractivity (Wildman–Crippen MR) is 145 cm³/mol. The van der Waals surface area contributed by atoms with Crippen LogP contribution in [0.2, 0.25) is 0 Å². The highest BCUT2D eigenvalue weighted by atomic mass is 19.4. The minimum atomic E-state index is -5.12. The van der Waals surface area contributed by atoms with Gasteiger partial charge in [0.15, 0.2) is 6.61 Å². The molecule has 0 radical (unpaired) electrons. The molecule has 0 aliphatic carbocycles. The Labute approximate surface area is 239 Å². The molecule has 5 aromatic rings. The van der Waals surface area contributed by atoms with Crippen LogP contribution in [0.5, 0.6) is 17.2 Å². The summed E-state index contributed by atoms with van der Waals surface area (Å²) in [5.74, 6) is -3.92. The quantitative estimate of drug-likeness (QED) is 0.191. The van der Waals surface area contributed by atoms with Crippen LogP contribution in [-0.4, -0.2) is 12.5 Å². The molecule has 0 spiro atoms. The Bertz CT molecular complexity index is 1830. The maximum atomic E-state index is 13.9. The van der Waals surface area contributed by atoms with Crippen molar-refractivity contribution in [1.29, 1.82) is 0 Å². The van der Waals surface area contributed by atoms with Gasteiger partial charge < -0.3 is 19.2 Å². The molecule has 0 unspecified atom stereocenters. The van der Waals surface area contributed by atoms with Gasteiger partial charge in [0.1, 0.15) is 17.1 Å². The summed E-state index contributed by atoms with van der Waals surface area (Å²) in [4.78, 5) is 25.3. The van der Waals surface area contributed by atoms with Gasteiger partial charge in [-0.15, -0.1) is 0 Å². The van der Waals surface area contributed by atoms with Gasteiger partial charge in [0.05, 0.1) is 16.6 Å². The predicted octanol–water partition coefficient (Wildman–Crippen LogP) is 8.31. The van der Waals surface area contributed by atoms with Crippen molar-refractivity contribution >= 4 is 22.6 Å². The van der Waals surface area contributed by atoms with Crippen molar-refractivity contribution in [3.05, 3.63) is 119 Å². The van der Waals surface area contributed by atoms with Crippen molar-refractivity contribution in [3.63, 3.8) is 0 Å². The van der Waals surface area contributed by atoms with E-state index in [2.05, 4.69) is 5.32 Å². The SMILES string of the molecule is O=C(COc1ccc2c(=O)c(Oc3ccc(-c4ccccc4)cc3)c(C(F)(F)F)oc2c1)Nc1ccccc1C(F)(F)F. The Morgan fingerprint density at radius 2 is 1.37 bits per heavy atom. The van der Waals surface area contributed by atoms with Crippen LogP contribution in [0.25, 0.3) is 22.1 Å². The first kappa shape index (κ1) is 29.2. The third-order valence-electron chi connectivity index (χ3n) is 6.14. The molecule has 1 heterocycles. The van der Waals surface area contributed by atoms with Gasteiger partial charge in [-0.1, -0.05) is 54.6 Å². The number of carbonyl (C=O) groups is 1. The zero-order valence-electron chi connectivity index (χ0n) is 21.8. The second kappa shape index (κ2) is 11.6. The molecule has 0 aliphatic heterocycles. The number of benzene rings is 4. The molecule has 6 nitrogen and oxygen atoms in total. The van der Waals surface area contributed by atoms with Gasteiger partial charge in [-0.25, -0.2) is 0 Å². The summed E-state index contributed by atoms with van der Waals surface area (Å²) in [6.45, 7) is -0.784. The van der Waals surface area contributed by atoms with E-state index in [0.29, 0.717) is 0 Å². The number of hydrogen-bond acceptors (Lipinski definition) is 5. The number of carbonyl (C=O) groups excluding carboxylic acids is 1. The third kappa shape index (κ3) is 6.64. The first-order chi connectivity index (χ1) is 20.4. The lowest BCUT2D eigenvalue weighted by atomic mass is 10.1. The molecule has 0 saturated heterocycles. The fourth-order valence-electron chi connectivity index (χ4n) is 4.16. The average molecular weight is 599 g/mol. The number of amides is 1. The topological polar surface area (TPSA) is 77.8 Å². The van der Waals surface area contributed by atoms with Crippen LogP contribution in [0, 0.1) is 0 Å². The van der Waals surface area contributed by atoms with Crippen molar-refractivity contribution < 1.29 is 45.0 Å². The molecule has 0 saturated carbocycles. The summed E-state index contributed by atoms with van der Waals surface area (Å²) in [6, 6.07) is 22.9. The van der Waals surface area contributed by atoms with Crippen LogP contribution < -0.4 is 20.2 Å². The van der Waals surface area contributed by atoms with E-state index in [-0.39, 0.29) is 16.9 Å². The van der Waals surface area contributed by atoms with E-state index >= 15 is 0 Å². The number of nitrogens with one attached hydrogen (secondary N) is 1. The molecular formula is C31H19F6NO5. The van der Waals surface area contributed by atoms with E-state index in [1.807, 2.05) is 30.3 Å². The standard InChI is InChI=1S/C31H19F6NO5/c32-30(33,34)23-8-4-5-9-24(23)38-26(39)17-41-21-14-15-22-25(16-21)43-29(31(35,36)37)28(27(22)40)42-20-12-10-19(11-13-20)18-6-2-1-3-7-18/h1-16H,17H2,(H,38,39). The highest BCUT2D eigenvalue weighted by Crippen LogP contribution is 2.39. The van der Waals surface area contributed by atoms with Gasteiger partial charge in [0.25, 0.3) is 11.7 Å². The minimum absolute atomic E-state index is 0.0325. The van der Waals surface area contributed by atoms with Crippen molar-refractivity contribution in [2.45, 2.75) is 12.4 Å². The van der Waals surface area contributed by atoms with Crippen LogP contribution >= 0.6 is 0 Å². The van der Waals surface area contributed by atoms with E-state index in [1.54, 1.807) is 12.1 Å². The van der Waals surface area contributed by atoms with E-state index in [0.717, 1.165) is 41.5 Å². The fourth-order valence-corrected chi connectivity index (χ4v) is 4.16. The average Bonchev–Trinajstić information content (AvgIpc) is 2.97. The van der Waals surface area contributed by atoms with Gasteiger partial charge >= 0.3 is 12.4 Å². The molecule has 0 atom stereocenters. The first-order valence-corrected chi connectivity index (χ1v) is 12.5. The van der Waals surface area contributed by atoms with Gasteiger partial charge in [-0.3, -0.25) is 9.59 Å². The number of alkyl halides is 6. The molecule has 4 aromatic carbocycles. The van der Waals surface area contributed by atoms with Crippen molar-refractivity contribution in [1.82, 2.24) is 0 Å². The maximum absolute atomic E-state index is 13.9. The van der Waals surface area contributed by atoms with E-state index in [1.165, 1.54) is 24.3 Å². The van der Waals surface area contributed by atoms with E-state index in [9.17, 15) is 35.9 Å². The number of anilines is 1. The largest absolute Gasteiger partial charge is 0.484 e. The smallest absolute Gasteiger partial charge is 0.453 e. The minimum Gasteiger partial charge on any atom is -0.484 e. The van der Waals surface area contributed by atoms with E-state index < -0.39 is 58.6 Å². The van der Waals surface area contributed by atoms with Gasteiger partial charge in [0, 0.05) is 6.07 Å². The number of halogens is 6. The molecule has 1 aromatic heterocycles. The van der Waals surface area contributed by atoms with Crippen molar-refractivity contribution in [2.75, 3.05) is 11.9 Å². The summed E-state index contributed by atoms with van der Waals surface area (Å²) < 4.78 is 97.0. The Morgan fingerprint density at radius 3 is 2.05 bits per heavy atom. The molecule has 0 aliphatic rings. The molecule has 0 fully saturated rings. The van der Waals surface area contributed by atoms with Crippen LogP contribution in [0.4, 0.5) is 32.0 Å². The molecule has 1 N–H and O–H groups in total. The van der Waals surface area contributed by atoms with E-state index in [4.69, 9.17) is 13.9 Å². The zero-order valence-corrected chi connectivity index (χ0v) is 21.8.